The highest BCUT2D eigenvalue weighted by Gasteiger charge is 2.22. The highest BCUT2D eigenvalue weighted by Crippen LogP contribution is 2.43. The summed E-state index contributed by atoms with van der Waals surface area (Å²) in [5.41, 5.74) is 11.4. The van der Waals surface area contributed by atoms with E-state index in [1.807, 2.05) is 36.4 Å². The molecule has 0 aliphatic heterocycles. The predicted octanol–water partition coefficient (Wildman–Crippen LogP) is 13.6. The molecule has 0 atom stereocenters. The van der Waals surface area contributed by atoms with Crippen molar-refractivity contribution in [2.45, 2.75) is 0 Å². The van der Waals surface area contributed by atoms with Gasteiger partial charge < -0.3 is 13.9 Å². The molecule has 0 N–H and O–H groups in total. The monoisotopic (exact) mass is 670 g/mol. The van der Waals surface area contributed by atoms with Crippen LogP contribution in [0.25, 0.3) is 71.7 Å². The van der Waals surface area contributed by atoms with E-state index in [1.54, 1.807) is 0 Å². The average molecular weight is 671 g/mol. The number of fused-ring (bicyclic) bond motifs is 6. The molecular formula is C48H31FN2O. The molecule has 2 heterocycles. The zero-order valence-corrected chi connectivity index (χ0v) is 28.1. The standard InChI is InChI=1S/C48H31FN2O/c49-42-29-30-45(51-43-17-9-7-15-39(43)40-16-8-10-18-44(40)51)47-41-28-27-38(31-46(41)52-48(42)47)50(36-23-19-34(20-24-36)32-11-3-1-4-12-32)37-25-21-35(22-26-37)33-13-5-2-6-14-33/h1-31H. The summed E-state index contributed by atoms with van der Waals surface area (Å²) in [6, 6.07) is 64.3. The first-order valence-corrected chi connectivity index (χ1v) is 17.5. The first kappa shape index (κ1) is 30.0. The molecular weight excluding hydrogens is 640 g/mol. The summed E-state index contributed by atoms with van der Waals surface area (Å²) in [5.74, 6) is -0.387. The Bertz CT molecular complexity index is 2750. The number of rotatable bonds is 6. The Morgan fingerprint density at radius 1 is 0.423 bits per heavy atom. The fraction of sp³-hybridized carbons (Fsp3) is 0. The zero-order chi connectivity index (χ0) is 34.6. The summed E-state index contributed by atoms with van der Waals surface area (Å²) in [6.07, 6.45) is 0. The fourth-order valence-electron chi connectivity index (χ4n) is 7.64. The second-order valence-corrected chi connectivity index (χ2v) is 13.1. The van der Waals surface area contributed by atoms with Crippen LogP contribution in [0.1, 0.15) is 0 Å². The first-order valence-electron chi connectivity index (χ1n) is 17.5. The van der Waals surface area contributed by atoms with E-state index in [2.05, 4.69) is 155 Å². The number of halogens is 1. The lowest BCUT2D eigenvalue weighted by atomic mass is 10.0. The van der Waals surface area contributed by atoms with Crippen molar-refractivity contribution >= 4 is 60.8 Å². The Balaban J connectivity index is 1.15. The minimum atomic E-state index is -0.387. The number of anilines is 3. The van der Waals surface area contributed by atoms with Gasteiger partial charge >= 0.3 is 0 Å². The lowest BCUT2D eigenvalue weighted by Gasteiger charge is -2.26. The van der Waals surface area contributed by atoms with Crippen molar-refractivity contribution in [1.29, 1.82) is 0 Å². The van der Waals surface area contributed by atoms with Crippen molar-refractivity contribution in [2.24, 2.45) is 0 Å². The summed E-state index contributed by atoms with van der Waals surface area (Å²) >= 11 is 0. The van der Waals surface area contributed by atoms with Gasteiger partial charge in [0.1, 0.15) is 5.58 Å². The number of aromatic nitrogens is 1. The third kappa shape index (κ3) is 4.88. The number of nitrogens with zero attached hydrogens (tertiary/aromatic N) is 2. The van der Waals surface area contributed by atoms with Gasteiger partial charge in [-0.1, -0.05) is 121 Å². The molecule has 0 saturated carbocycles. The van der Waals surface area contributed by atoms with Crippen LogP contribution in [0.15, 0.2) is 192 Å². The normalized spacial score (nSPS) is 11.6. The summed E-state index contributed by atoms with van der Waals surface area (Å²) in [5, 5.41) is 3.91. The Kier molecular flexibility index (Phi) is 7.00. The number of para-hydroxylation sites is 2. The van der Waals surface area contributed by atoms with Gasteiger partial charge in [-0.2, -0.15) is 0 Å². The molecule has 10 rings (SSSR count). The smallest absolute Gasteiger partial charge is 0.173 e. The maximum atomic E-state index is 15.7. The second-order valence-electron chi connectivity index (χ2n) is 13.1. The quantitative estimate of drug-likeness (QED) is 0.176. The van der Waals surface area contributed by atoms with Crippen LogP contribution >= 0.6 is 0 Å². The summed E-state index contributed by atoms with van der Waals surface area (Å²) in [7, 11) is 0. The Hall–Kier alpha value is -6.91. The van der Waals surface area contributed by atoms with Crippen LogP contribution in [0.5, 0.6) is 0 Å². The molecule has 0 fully saturated rings. The first-order chi connectivity index (χ1) is 25.7. The third-order valence-corrected chi connectivity index (χ3v) is 10.1. The molecule has 0 saturated heterocycles. The topological polar surface area (TPSA) is 21.3 Å². The minimum Gasteiger partial charge on any atom is -0.453 e. The van der Waals surface area contributed by atoms with Crippen molar-refractivity contribution in [3.8, 4) is 27.9 Å². The minimum absolute atomic E-state index is 0.248. The van der Waals surface area contributed by atoms with Gasteiger partial charge in [0.15, 0.2) is 11.4 Å². The molecule has 0 radical (unpaired) electrons. The molecule has 0 aliphatic rings. The molecule has 0 aliphatic carbocycles. The van der Waals surface area contributed by atoms with Crippen molar-refractivity contribution in [3.05, 3.63) is 194 Å². The lowest BCUT2D eigenvalue weighted by molar-refractivity contribution is 0.584. The van der Waals surface area contributed by atoms with Crippen molar-refractivity contribution in [1.82, 2.24) is 4.57 Å². The second kappa shape index (κ2) is 12.1. The Labute approximate surface area is 300 Å². The maximum Gasteiger partial charge on any atom is 0.173 e. The van der Waals surface area contributed by atoms with Crippen molar-refractivity contribution in [2.75, 3.05) is 4.90 Å². The van der Waals surface area contributed by atoms with Gasteiger partial charge in [-0.3, -0.25) is 0 Å². The summed E-state index contributed by atoms with van der Waals surface area (Å²) < 4.78 is 24.4. The highest BCUT2D eigenvalue weighted by atomic mass is 19.1. The largest absolute Gasteiger partial charge is 0.453 e. The number of furan rings is 1. The molecule has 8 aromatic carbocycles. The lowest BCUT2D eigenvalue weighted by Crippen LogP contribution is -2.09. The predicted molar refractivity (Wildman–Crippen MR) is 214 cm³/mol. The number of hydrogen-bond acceptors (Lipinski definition) is 2. The summed E-state index contributed by atoms with van der Waals surface area (Å²) in [6.45, 7) is 0. The maximum absolute atomic E-state index is 15.7. The molecule has 52 heavy (non-hydrogen) atoms. The zero-order valence-electron chi connectivity index (χ0n) is 28.1. The van der Waals surface area contributed by atoms with Crippen LogP contribution < -0.4 is 4.90 Å². The van der Waals surface area contributed by atoms with Crippen molar-refractivity contribution in [3.63, 3.8) is 0 Å². The SMILES string of the molecule is Fc1ccc(-n2c3ccccc3c3ccccc32)c2c1oc1cc(N(c3ccc(-c4ccccc4)cc3)c3ccc(-c4ccccc4)cc3)ccc12. The van der Waals surface area contributed by atoms with Crippen LogP contribution in [0.2, 0.25) is 0 Å². The molecule has 4 heteroatoms. The molecule has 3 nitrogen and oxygen atoms in total. The molecule has 0 unspecified atom stereocenters. The Morgan fingerprint density at radius 3 is 1.46 bits per heavy atom. The van der Waals surface area contributed by atoms with Gasteiger partial charge in [-0.25, -0.2) is 4.39 Å². The Morgan fingerprint density at radius 2 is 0.904 bits per heavy atom. The highest BCUT2D eigenvalue weighted by molar-refractivity contribution is 6.14. The average Bonchev–Trinajstić information content (AvgIpc) is 3.76. The molecule has 0 amide bonds. The van der Waals surface area contributed by atoms with E-state index in [9.17, 15) is 0 Å². The van der Waals surface area contributed by atoms with E-state index in [4.69, 9.17) is 4.42 Å². The molecule has 2 aromatic heterocycles. The van der Waals surface area contributed by atoms with E-state index >= 15 is 4.39 Å². The van der Waals surface area contributed by atoms with Gasteiger partial charge in [0.25, 0.3) is 0 Å². The van der Waals surface area contributed by atoms with E-state index in [1.165, 1.54) is 6.07 Å². The molecule has 0 bridgehead atoms. The van der Waals surface area contributed by atoms with Crippen LogP contribution in [0.4, 0.5) is 21.5 Å². The van der Waals surface area contributed by atoms with Gasteiger partial charge in [0, 0.05) is 39.3 Å². The van der Waals surface area contributed by atoms with Gasteiger partial charge in [0.05, 0.1) is 22.1 Å². The van der Waals surface area contributed by atoms with Crippen LogP contribution in [-0.4, -0.2) is 4.57 Å². The van der Waals surface area contributed by atoms with E-state index in [0.717, 1.165) is 77.6 Å². The van der Waals surface area contributed by atoms with Crippen molar-refractivity contribution < 1.29 is 8.81 Å². The third-order valence-electron chi connectivity index (χ3n) is 10.1. The van der Waals surface area contributed by atoms with Gasteiger partial charge in [-0.05, 0) is 82.9 Å². The van der Waals surface area contributed by atoms with Crippen LogP contribution in [0, 0.1) is 5.82 Å². The molecule has 246 valence electrons. The van der Waals surface area contributed by atoms with Gasteiger partial charge in [-0.15, -0.1) is 0 Å². The molecule has 0 spiro atoms. The van der Waals surface area contributed by atoms with Gasteiger partial charge in [0.2, 0.25) is 0 Å². The number of benzene rings is 8. The number of hydrogen-bond donors (Lipinski definition) is 0. The summed E-state index contributed by atoms with van der Waals surface area (Å²) in [4.78, 5) is 2.22. The van der Waals surface area contributed by atoms with E-state index in [-0.39, 0.29) is 11.4 Å². The van der Waals surface area contributed by atoms with Crippen LogP contribution in [-0.2, 0) is 0 Å². The fourth-order valence-corrected chi connectivity index (χ4v) is 7.64. The van der Waals surface area contributed by atoms with E-state index in [0.29, 0.717) is 5.58 Å². The molecule has 10 aromatic rings. The van der Waals surface area contributed by atoms with E-state index < -0.39 is 0 Å². The van der Waals surface area contributed by atoms with Crippen LogP contribution in [0.3, 0.4) is 0 Å².